The minimum atomic E-state index is -4.89. The lowest BCUT2D eigenvalue weighted by atomic mass is 10.4. The van der Waals surface area contributed by atoms with Gasteiger partial charge in [-0.1, -0.05) is 9.95 Å². The number of pyridine rings is 1. The normalized spacial score (nSPS) is 11.0. The van der Waals surface area contributed by atoms with Crippen LogP contribution in [0.25, 0.3) is 0 Å². The van der Waals surface area contributed by atoms with Gasteiger partial charge < -0.3 is 4.74 Å². The van der Waals surface area contributed by atoms with Gasteiger partial charge in [-0.25, -0.2) is 9.78 Å². The van der Waals surface area contributed by atoms with Crippen molar-refractivity contribution in [1.82, 2.24) is 4.98 Å². The lowest BCUT2D eigenvalue weighted by molar-refractivity contribution is 0.0593. The number of hydrogen-bond donors (Lipinski definition) is 0. The van der Waals surface area contributed by atoms with Gasteiger partial charge >= 0.3 is 16.2 Å². The fourth-order valence-electron chi connectivity index (χ4n) is 0.769. The summed E-state index contributed by atoms with van der Waals surface area (Å²) in [5, 5.41) is -0.805. The Morgan fingerprint density at radius 3 is 2.64 bits per heavy atom. The first-order valence-corrected chi connectivity index (χ1v) is 4.83. The molecule has 0 saturated heterocycles. The summed E-state index contributed by atoms with van der Waals surface area (Å²) in [6, 6.07) is 3.37. The molecule has 0 aromatic carbocycles. The van der Waals surface area contributed by atoms with E-state index in [4.69, 9.17) is 0 Å². The van der Waals surface area contributed by atoms with Crippen LogP contribution in [0.15, 0.2) is 23.2 Å². The molecule has 0 aliphatic carbocycles. The zero-order valence-corrected chi connectivity index (χ0v) is 7.91. The van der Waals surface area contributed by atoms with Crippen LogP contribution in [-0.2, 0) is 15.0 Å². The summed E-state index contributed by atoms with van der Waals surface area (Å²) in [7, 11) is -3.77. The zero-order chi connectivity index (χ0) is 10.8. The predicted octanol–water partition coefficient (Wildman–Crippen LogP) is 0.526. The van der Waals surface area contributed by atoms with E-state index in [0.717, 1.165) is 13.2 Å². The molecule has 0 amide bonds. The van der Waals surface area contributed by atoms with Crippen LogP contribution in [0.1, 0.15) is 10.5 Å². The summed E-state index contributed by atoms with van der Waals surface area (Å²) in [4.78, 5) is 14.2. The van der Waals surface area contributed by atoms with Gasteiger partial charge in [0, 0.05) is 0 Å². The van der Waals surface area contributed by atoms with Crippen LogP contribution in [0, 0.1) is 0 Å². The summed E-state index contributed by atoms with van der Waals surface area (Å²) in [5.74, 6) is -0.824. The van der Waals surface area contributed by atoms with Crippen molar-refractivity contribution in [2.24, 2.45) is 0 Å². The molecule has 0 saturated carbocycles. The van der Waals surface area contributed by atoms with Crippen molar-refractivity contribution in [3.05, 3.63) is 23.9 Å². The van der Waals surface area contributed by atoms with E-state index in [1.165, 1.54) is 12.1 Å². The maximum atomic E-state index is 12.4. The number of hydrogen-bond acceptors (Lipinski definition) is 5. The van der Waals surface area contributed by atoms with Crippen molar-refractivity contribution in [2.45, 2.75) is 5.03 Å². The van der Waals surface area contributed by atoms with E-state index in [1.807, 2.05) is 0 Å². The molecule has 0 radical (unpaired) electrons. The molecule has 76 valence electrons. The lowest BCUT2D eigenvalue weighted by Crippen LogP contribution is -2.07. The van der Waals surface area contributed by atoms with Crippen molar-refractivity contribution < 1.29 is 21.8 Å². The van der Waals surface area contributed by atoms with Crippen molar-refractivity contribution in [3.8, 4) is 0 Å². The van der Waals surface area contributed by atoms with E-state index in [2.05, 4.69) is 9.72 Å². The Hall–Kier alpha value is -1.50. The van der Waals surface area contributed by atoms with E-state index < -0.39 is 21.2 Å². The Morgan fingerprint density at radius 2 is 2.14 bits per heavy atom. The minimum absolute atomic E-state index is 0.258. The van der Waals surface area contributed by atoms with Crippen molar-refractivity contribution >= 4 is 16.2 Å². The summed E-state index contributed by atoms with van der Waals surface area (Å²) < 4.78 is 37.5. The SMILES string of the molecule is COC(=O)c1cccc(S(=O)(=O)F)n1. The average Bonchev–Trinajstić information content (AvgIpc) is 2.15. The van der Waals surface area contributed by atoms with Gasteiger partial charge in [0.2, 0.25) is 0 Å². The van der Waals surface area contributed by atoms with E-state index in [0.29, 0.717) is 0 Å². The molecule has 1 aromatic heterocycles. The Labute approximate surface area is 79.7 Å². The number of rotatable bonds is 2. The highest BCUT2D eigenvalue weighted by molar-refractivity contribution is 7.86. The molecule has 1 aromatic rings. The minimum Gasteiger partial charge on any atom is -0.464 e. The number of carbonyl (C=O) groups is 1. The third-order valence-corrected chi connectivity index (χ3v) is 2.09. The molecule has 0 unspecified atom stereocenters. The van der Waals surface area contributed by atoms with Crippen molar-refractivity contribution in [2.75, 3.05) is 7.11 Å². The molecule has 14 heavy (non-hydrogen) atoms. The number of carbonyl (C=O) groups excluding carboxylic acids is 1. The monoisotopic (exact) mass is 219 g/mol. The second-order valence-electron chi connectivity index (χ2n) is 2.29. The number of nitrogens with zero attached hydrogens (tertiary/aromatic N) is 1. The molecule has 0 atom stereocenters. The van der Waals surface area contributed by atoms with Crippen LogP contribution in [0.5, 0.6) is 0 Å². The highest BCUT2D eigenvalue weighted by Crippen LogP contribution is 2.09. The van der Waals surface area contributed by atoms with E-state index in [1.54, 1.807) is 0 Å². The van der Waals surface area contributed by atoms with Crippen LogP contribution in [-0.4, -0.2) is 26.5 Å². The van der Waals surface area contributed by atoms with Crippen LogP contribution in [0.4, 0.5) is 3.89 Å². The fourth-order valence-corrected chi connectivity index (χ4v) is 1.22. The Morgan fingerprint density at radius 1 is 1.50 bits per heavy atom. The lowest BCUT2D eigenvalue weighted by Gasteiger charge is -1.98. The maximum Gasteiger partial charge on any atom is 0.356 e. The zero-order valence-electron chi connectivity index (χ0n) is 7.10. The van der Waals surface area contributed by atoms with E-state index in [9.17, 15) is 17.1 Å². The van der Waals surface area contributed by atoms with Gasteiger partial charge in [-0.2, -0.15) is 8.42 Å². The van der Waals surface area contributed by atoms with Crippen LogP contribution in [0.3, 0.4) is 0 Å². The average molecular weight is 219 g/mol. The molecule has 5 nitrogen and oxygen atoms in total. The van der Waals surface area contributed by atoms with E-state index >= 15 is 0 Å². The summed E-state index contributed by atoms with van der Waals surface area (Å²) in [6.07, 6.45) is 0. The number of ether oxygens (including phenoxy) is 1. The van der Waals surface area contributed by atoms with Gasteiger partial charge in [-0.05, 0) is 12.1 Å². The summed E-state index contributed by atoms with van der Waals surface area (Å²) in [5.41, 5.74) is -0.258. The highest BCUT2D eigenvalue weighted by atomic mass is 32.3. The van der Waals surface area contributed by atoms with Crippen LogP contribution >= 0.6 is 0 Å². The number of halogens is 1. The topological polar surface area (TPSA) is 73.3 Å². The quantitative estimate of drug-likeness (QED) is 0.535. The van der Waals surface area contributed by atoms with Crippen LogP contribution < -0.4 is 0 Å². The van der Waals surface area contributed by atoms with Gasteiger partial charge in [0.1, 0.15) is 5.69 Å². The standard InChI is InChI=1S/C7H6FNO4S/c1-13-7(10)5-3-2-4-6(9-5)14(8,11)12/h2-4H,1H3. The Balaban J connectivity index is 3.21. The van der Waals surface area contributed by atoms with Gasteiger partial charge in [0.05, 0.1) is 7.11 Å². The second kappa shape index (κ2) is 3.70. The second-order valence-corrected chi connectivity index (χ2v) is 3.58. The molecule has 7 heteroatoms. The molecule has 1 rings (SSSR count). The van der Waals surface area contributed by atoms with Gasteiger partial charge in [-0.15, -0.1) is 0 Å². The van der Waals surface area contributed by atoms with Gasteiger partial charge in [0.15, 0.2) is 5.03 Å². The van der Waals surface area contributed by atoms with Gasteiger partial charge in [-0.3, -0.25) is 0 Å². The van der Waals surface area contributed by atoms with Crippen LogP contribution in [0.2, 0.25) is 0 Å². The summed E-state index contributed by atoms with van der Waals surface area (Å²) in [6.45, 7) is 0. The highest BCUT2D eigenvalue weighted by Gasteiger charge is 2.16. The molecular formula is C7H6FNO4S. The number of aromatic nitrogens is 1. The Bertz CT molecular complexity index is 457. The molecule has 0 spiro atoms. The predicted molar refractivity (Wildman–Crippen MR) is 43.9 cm³/mol. The first-order chi connectivity index (χ1) is 6.45. The molecular weight excluding hydrogens is 213 g/mol. The molecule has 0 fully saturated rings. The maximum absolute atomic E-state index is 12.4. The third-order valence-electron chi connectivity index (χ3n) is 1.37. The largest absolute Gasteiger partial charge is 0.464 e. The Kier molecular flexibility index (Phi) is 2.80. The summed E-state index contributed by atoms with van der Waals surface area (Å²) >= 11 is 0. The molecule has 1 heterocycles. The third kappa shape index (κ3) is 2.25. The van der Waals surface area contributed by atoms with Crippen molar-refractivity contribution in [3.63, 3.8) is 0 Å². The smallest absolute Gasteiger partial charge is 0.356 e. The molecule has 0 N–H and O–H groups in total. The first kappa shape index (κ1) is 10.6. The van der Waals surface area contributed by atoms with Gasteiger partial charge in [0.25, 0.3) is 0 Å². The first-order valence-electron chi connectivity index (χ1n) is 3.45. The molecule has 0 aliphatic rings. The number of methoxy groups -OCH3 is 1. The molecule has 0 bridgehead atoms. The van der Waals surface area contributed by atoms with Crippen molar-refractivity contribution in [1.29, 1.82) is 0 Å². The molecule has 0 aliphatic heterocycles. The fraction of sp³-hybridized carbons (Fsp3) is 0.143. The van der Waals surface area contributed by atoms with E-state index in [-0.39, 0.29) is 5.69 Å². The number of esters is 1.